The summed E-state index contributed by atoms with van der Waals surface area (Å²) < 4.78 is 5.21. The maximum Gasteiger partial charge on any atom is 0.251 e. The Hall–Kier alpha value is -1.94. The first kappa shape index (κ1) is 12.5. The highest BCUT2D eigenvalue weighted by atomic mass is 35.5. The molecule has 18 heavy (non-hydrogen) atoms. The van der Waals surface area contributed by atoms with Crippen LogP contribution in [0.4, 0.5) is 5.69 Å². The Kier molecular flexibility index (Phi) is 3.58. The predicted octanol–water partition coefficient (Wildman–Crippen LogP) is 3.01. The second-order valence-corrected chi connectivity index (χ2v) is 4.35. The van der Waals surface area contributed by atoms with Crippen molar-refractivity contribution < 1.29 is 9.21 Å². The largest absolute Gasteiger partial charge is 0.467 e. The number of rotatable bonds is 3. The quantitative estimate of drug-likeness (QED) is 0.838. The van der Waals surface area contributed by atoms with E-state index in [2.05, 4.69) is 5.32 Å². The van der Waals surface area contributed by atoms with Gasteiger partial charge < -0.3 is 15.5 Å². The third kappa shape index (κ3) is 2.65. The lowest BCUT2D eigenvalue weighted by Gasteiger charge is -2.11. The van der Waals surface area contributed by atoms with E-state index >= 15 is 0 Å². The summed E-state index contributed by atoms with van der Waals surface area (Å²) in [5.74, 6) is 0.477. The molecule has 0 saturated heterocycles. The topological polar surface area (TPSA) is 68.3 Å². The fraction of sp³-hybridized carbons (Fsp3) is 0.154. The Morgan fingerprint density at radius 3 is 2.83 bits per heavy atom. The number of carbonyl (C=O) groups is 1. The van der Waals surface area contributed by atoms with Gasteiger partial charge in [0.15, 0.2) is 0 Å². The number of carbonyl (C=O) groups excluding carboxylic acids is 1. The molecule has 1 heterocycles. The van der Waals surface area contributed by atoms with E-state index in [1.165, 1.54) is 0 Å². The standard InChI is InChI=1S/C13H13ClN2O2/c1-8(12-3-2-6-18-12)16-13(17)9-4-5-11(15)10(14)7-9/h2-8H,15H2,1H3,(H,16,17)/t8-/m0/s1. The first-order chi connectivity index (χ1) is 8.58. The molecule has 1 aromatic heterocycles. The molecule has 0 aliphatic rings. The lowest BCUT2D eigenvalue weighted by molar-refractivity contribution is 0.0935. The van der Waals surface area contributed by atoms with Crippen molar-refractivity contribution >= 4 is 23.2 Å². The van der Waals surface area contributed by atoms with E-state index in [1.807, 2.05) is 6.92 Å². The molecule has 0 radical (unpaired) electrons. The van der Waals surface area contributed by atoms with Crippen LogP contribution in [0.5, 0.6) is 0 Å². The summed E-state index contributed by atoms with van der Waals surface area (Å²) in [6.45, 7) is 1.84. The zero-order chi connectivity index (χ0) is 13.1. The van der Waals surface area contributed by atoms with Gasteiger partial charge in [0.1, 0.15) is 5.76 Å². The lowest BCUT2D eigenvalue weighted by atomic mass is 10.1. The number of nitrogen functional groups attached to an aromatic ring is 1. The van der Waals surface area contributed by atoms with Gasteiger partial charge in [0.25, 0.3) is 5.91 Å². The number of hydrogen-bond acceptors (Lipinski definition) is 3. The molecule has 5 heteroatoms. The SMILES string of the molecule is C[C@H](NC(=O)c1ccc(N)c(Cl)c1)c1ccco1. The van der Waals surface area contributed by atoms with E-state index in [1.54, 1.807) is 36.6 Å². The van der Waals surface area contributed by atoms with Gasteiger partial charge in [0.05, 0.1) is 23.0 Å². The Balaban J connectivity index is 2.10. The molecule has 94 valence electrons. The van der Waals surface area contributed by atoms with Crippen molar-refractivity contribution in [2.45, 2.75) is 13.0 Å². The van der Waals surface area contributed by atoms with Gasteiger partial charge in [-0.3, -0.25) is 4.79 Å². The fourth-order valence-corrected chi connectivity index (χ4v) is 1.74. The minimum absolute atomic E-state index is 0.205. The number of hydrogen-bond donors (Lipinski definition) is 2. The van der Waals surface area contributed by atoms with Gasteiger partial charge in [-0.15, -0.1) is 0 Å². The van der Waals surface area contributed by atoms with Gasteiger partial charge >= 0.3 is 0 Å². The summed E-state index contributed by atoms with van der Waals surface area (Å²) in [5, 5.41) is 3.18. The summed E-state index contributed by atoms with van der Waals surface area (Å²) in [4.78, 5) is 12.0. The molecule has 1 aromatic carbocycles. The van der Waals surface area contributed by atoms with Crippen LogP contribution in [0.2, 0.25) is 5.02 Å². The monoisotopic (exact) mass is 264 g/mol. The Morgan fingerprint density at radius 2 is 2.22 bits per heavy atom. The molecule has 2 rings (SSSR count). The van der Waals surface area contributed by atoms with Crippen LogP contribution in [-0.2, 0) is 0 Å². The molecule has 0 spiro atoms. The minimum atomic E-state index is -0.221. The summed E-state index contributed by atoms with van der Waals surface area (Å²) in [6.07, 6.45) is 1.57. The number of benzene rings is 1. The maximum absolute atomic E-state index is 12.0. The minimum Gasteiger partial charge on any atom is -0.467 e. The number of amides is 1. The van der Waals surface area contributed by atoms with E-state index in [-0.39, 0.29) is 11.9 Å². The Labute approximate surface area is 110 Å². The normalized spacial score (nSPS) is 12.1. The van der Waals surface area contributed by atoms with Crippen molar-refractivity contribution in [3.05, 3.63) is 52.9 Å². The summed E-state index contributed by atoms with van der Waals surface area (Å²) in [7, 11) is 0. The summed E-state index contributed by atoms with van der Waals surface area (Å²) in [6, 6.07) is 8.16. The van der Waals surface area contributed by atoms with E-state index in [0.29, 0.717) is 22.0 Å². The molecule has 0 aliphatic heterocycles. The van der Waals surface area contributed by atoms with Gasteiger partial charge in [-0.05, 0) is 37.3 Å². The molecule has 0 saturated carbocycles. The van der Waals surface area contributed by atoms with Crippen LogP contribution in [0.25, 0.3) is 0 Å². The van der Waals surface area contributed by atoms with Gasteiger partial charge in [-0.1, -0.05) is 11.6 Å². The molecule has 1 atom stereocenters. The molecule has 0 unspecified atom stereocenters. The Morgan fingerprint density at radius 1 is 1.44 bits per heavy atom. The molecular formula is C13H13ClN2O2. The Bertz CT molecular complexity index is 552. The second-order valence-electron chi connectivity index (χ2n) is 3.95. The fourth-order valence-electron chi connectivity index (χ4n) is 1.56. The third-order valence-electron chi connectivity index (χ3n) is 2.58. The highest BCUT2D eigenvalue weighted by Crippen LogP contribution is 2.20. The number of nitrogens with two attached hydrogens (primary N) is 1. The first-order valence-electron chi connectivity index (χ1n) is 5.47. The van der Waals surface area contributed by atoms with Crippen molar-refractivity contribution in [2.24, 2.45) is 0 Å². The smallest absolute Gasteiger partial charge is 0.251 e. The number of nitrogens with one attached hydrogen (secondary N) is 1. The predicted molar refractivity (Wildman–Crippen MR) is 70.5 cm³/mol. The molecule has 0 aliphatic carbocycles. The van der Waals surface area contributed by atoms with Crippen molar-refractivity contribution in [3.8, 4) is 0 Å². The van der Waals surface area contributed by atoms with Crippen LogP contribution < -0.4 is 11.1 Å². The number of halogens is 1. The van der Waals surface area contributed by atoms with Crippen molar-refractivity contribution in [1.82, 2.24) is 5.32 Å². The molecule has 0 bridgehead atoms. The molecule has 1 amide bonds. The zero-order valence-electron chi connectivity index (χ0n) is 9.81. The van der Waals surface area contributed by atoms with E-state index in [9.17, 15) is 4.79 Å². The average molecular weight is 265 g/mol. The number of furan rings is 1. The van der Waals surface area contributed by atoms with E-state index < -0.39 is 0 Å². The molecular weight excluding hydrogens is 252 g/mol. The molecule has 3 N–H and O–H groups in total. The summed E-state index contributed by atoms with van der Waals surface area (Å²) >= 11 is 5.87. The van der Waals surface area contributed by atoms with Crippen LogP contribution in [0.15, 0.2) is 41.0 Å². The van der Waals surface area contributed by atoms with Gasteiger partial charge in [-0.2, -0.15) is 0 Å². The van der Waals surface area contributed by atoms with Gasteiger partial charge in [-0.25, -0.2) is 0 Å². The maximum atomic E-state index is 12.0. The highest BCUT2D eigenvalue weighted by molar-refractivity contribution is 6.33. The number of anilines is 1. The second kappa shape index (κ2) is 5.14. The average Bonchev–Trinajstić information content (AvgIpc) is 2.86. The van der Waals surface area contributed by atoms with Crippen molar-refractivity contribution in [2.75, 3.05) is 5.73 Å². The van der Waals surface area contributed by atoms with Crippen LogP contribution in [0.1, 0.15) is 29.1 Å². The molecule has 4 nitrogen and oxygen atoms in total. The molecule has 2 aromatic rings. The van der Waals surface area contributed by atoms with Gasteiger partial charge in [0.2, 0.25) is 0 Å². The lowest BCUT2D eigenvalue weighted by Crippen LogP contribution is -2.26. The van der Waals surface area contributed by atoms with E-state index in [4.69, 9.17) is 21.8 Å². The van der Waals surface area contributed by atoms with Crippen LogP contribution in [-0.4, -0.2) is 5.91 Å². The van der Waals surface area contributed by atoms with Crippen LogP contribution >= 0.6 is 11.6 Å². The zero-order valence-corrected chi connectivity index (χ0v) is 10.6. The van der Waals surface area contributed by atoms with Crippen LogP contribution in [0.3, 0.4) is 0 Å². The third-order valence-corrected chi connectivity index (χ3v) is 2.91. The van der Waals surface area contributed by atoms with Crippen molar-refractivity contribution in [3.63, 3.8) is 0 Å². The first-order valence-corrected chi connectivity index (χ1v) is 5.85. The summed E-state index contributed by atoms with van der Waals surface area (Å²) in [5.41, 5.74) is 6.51. The molecule has 0 fully saturated rings. The van der Waals surface area contributed by atoms with Gasteiger partial charge in [0, 0.05) is 5.56 Å². The van der Waals surface area contributed by atoms with E-state index in [0.717, 1.165) is 0 Å². The van der Waals surface area contributed by atoms with Crippen LogP contribution in [0, 0.1) is 0 Å². The highest BCUT2D eigenvalue weighted by Gasteiger charge is 2.13. The van der Waals surface area contributed by atoms with Crippen molar-refractivity contribution in [1.29, 1.82) is 0 Å².